The third-order valence-corrected chi connectivity index (χ3v) is 4.69. The highest BCUT2D eigenvalue weighted by Gasteiger charge is 2.26. The molecule has 1 aromatic rings. The van der Waals surface area contributed by atoms with Crippen LogP contribution in [0.1, 0.15) is 30.9 Å². The fourth-order valence-electron chi connectivity index (χ4n) is 2.37. The van der Waals surface area contributed by atoms with Gasteiger partial charge in [-0.15, -0.1) is 0 Å². The van der Waals surface area contributed by atoms with Gasteiger partial charge in [0.25, 0.3) is 0 Å². The van der Waals surface area contributed by atoms with Crippen LogP contribution >= 0.6 is 15.9 Å². The molecule has 0 unspecified atom stereocenters. The van der Waals surface area contributed by atoms with Crippen molar-refractivity contribution in [1.82, 2.24) is 5.32 Å². The van der Waals surface area contributed by atoms with E-state index in [1.165, 1.54) is 28.4 Å². The highest BCUT2D eigenvalue weighted by Crippen LogP contribution is 2.28. The lowest BCUT2D eigenvalue weighted by molar-refractivity contribution is 0.0240. The van der Waals surface area contributed by atoms with Crippen molar-refractivity contribution >= 4 is 15.9 Å². The Kier molecular flexibility index (Phi) is 4.82. The number of ether oxygens (including phenoxy) is 1. The fraction of sp³-hybridized carbons (Fsp3) is 0.600. The first-order valence-electron chi connectivity index (χ1n) is 6.63. The van der Waals surface area contributed by atoms with E-state index in [9.17, 15) is 0 Å². The first kappa shape index (κ1) is 14.0. The zero-order chi connectivity index (χ0) is 13.0. The number of rotatable bonds is 4. The molecule has 1 aliphatic rings. The molecule has 0 amide bonds. The molecule has 2 nitrogen and oxygen atoms in total. The molecule has 0 aliphatic carbocycles. The molecular weight excluding hydrogens is 290 g/mol. The summed E-state index contributed by atoms with van der Waals surface area (Å²) in [7, 11) is 0. The molecule has 1 aliphatic heterocycles. The Hall–Kier alpha value is -0.380. The van der Waals surface area contributed by atoms with Crippen LogP contribution < -0.4 is 5.32 Å². The maximum Gasteiger partial charge on any atom is 0.0471 e. The summed E-state index contributed by atoms with van der Waals surface area (Å²) in [5.41, 5.74) is 3.06. The highest BCUT2D eigenvalue weighted by molar-refractivity contribution is 9.10. The van der Waals surface area contributed by atoms with Crippen LogP contribution in [0.2, 0.25) is 0 Å². The molecule has 18 heavy (non-hydrogen) atoms. The summed E-state index contributed by atoms with van der Waals surface area (Å²) in [5.74, 6) is 0. The molecule has 1 fully saturated rings. The van der Waals surface area contributed by atoms with Crippen molar-refractivity contribution in [3.05, 3.63) is 33.8 Å². The fourth-order valence-corrected chi connectivity index (χ4v) is 2.61. The van der Waals surface area contributed by atoms with E-state index in [1.807, 2.05) is 0 Å². The number of benzene rings is 1. The lowest BCUT2D eigenvalue weighted by Crippen LogP contribution is -2.36. The molecule has 0 bridgehead atoms. The standard InChI is InChI=1S/C15H22BrNO/c1-12-9-13(3-4-14(12)16)10-17-11-15(2)5-7-18-8-6-15/h3-4,9,17H,5-8,10-11H2,1-2H3. The van der Waals surface area contributed by atoms with Crippen molar-refractivity contribution in [1.29, 1.82) is 0 Å². The topological polar surface area (TPSA) is 21.3 Å². The molecular formula is C15H22BrNO. The van der Waals surface area contributed by atoms with E-state index < -0.39 is 0 Å². The number of hydrogen-bond acceptors (Lipinski definition) is 2. The second-order valence-electron chi connectivity index (χ2n) is 5.61. The van der Waals surface area contributed by atoms with Gasteiger partial charge < -0.3 is 10.1 Å². The van der Waals surface area contributed by atoms with Crippen LogP contribution in [0.4, 0.5) is 0 Å². The first-order valence-corrected chi connectivity index (χ1v) is 7.42. The quantitative estimate of drug-likeness (QED) is 0.916. The second-order valence-corrected chi connectivity index (χ2v) is 6.46. The van der Waals surface area contributed by atoms with Crippen molar-refractivity contribution in [2.24, 2.45) is 5.41 Å². The molecule has 2 rings (SSSR count). The van der Waals surface area contributed by atoms with Gasteiger partial charge in [0.05, 0.1) is 0 Å². The Balaban J connectivity index is 1.82. The molecule has 0 radical (unpaired) electrons. The molecule has 1 N–H and O–H groups in total. The van der Waals surface area contributed by atoms with Crippen LogP contribution in [0.25, 0.3) is 0 Å². The van der Waals surface area contributed by atoms with Gasteiger partial charge in [-0.05, 0) is 42.4 Å². The summed E-state index contributed by atoms with van der Waals surface area (Å²) in [6.45, 7) is 8.34. The monoisotopic (exact) mass is 311 g/mol. The van der Waals surface area contributed by atoms with Crippen molar-refractivity contribution in [2.75, 3.05) is 19.8 Å². The van der Waals surface area contributed by atoms with Crippen molar-refractivity contribution in [3.8, 4) is 0 Å². The molecule has 0 atom stereocenters. The lowest BCUT2D eigenvalue weighted by atomic mass is 9.82. The highest BCUT2D eigenvalue weighted by atomic mass is 79.9. The maximum atomic E-state index is 5.43. The molecule has 3 heteroatoms. The minimum atomic E-state index is 0.405. The summed E-state index contributed by atoms with van der Waals surface area (Å²) in [6, 6.07) is 6.54. The van der Waals surface area contributed by atoms with E-state index in [-0.39, 0.29) is 0 Å². The van der Waals surface area contributed by atoms with Crippen LogP contribution in [0.5, 0.6) is 0 Å². The van der Waals surface area contributed by atoms with Gasteiger partial charge in [0.2, 0.25) is 0 Å². The summed E-state index contributed by atoms with van der Waals surface area (Å²) >= 11 is 3.53. The van der Waals surface area contributed by atoms with E-state index in [0.717, 1.165) is 26.3 Å². The van der Waals surface area contributed by atoms with Gasteiger partial charge in [0.1, 0.15) is 0 Å². The van der Waals surface area contributed by atoms with Crippen LogP contribution in [0.15, 0.2) is 22.7 Å². The maximum absolute atomic E-state index is 5.43. The third kappa shape index (κ3) is 3.81. The summed E-state index contributed by atoms with van der Waals surface area (Å²) in [5, 5.41) is 3.59. The summed E-state index contributed by atoms with van der Waals surface area (Å²) < 4.78 is 6.61. The Morgan fingerprint density at radius 1 is 1.33 bits per heavy atom. The Bertz CT molecular complexity index is 399. The van der Waals surface area contributed by atoms with Gasteiger partial charge in [0, 0.05) is 30.8 Å². The van der Waals surface area contributed by atoms with Crippen molar-refractivity contribution in [2.45, 2.75) is 33.2 Å². The van der Waals surface area contributed by atoms with E-state index in [2.05, 4.69) is 53.3 Å². The minimum Gasteiger partial charge on any atom is -0.381 e. The number of aryl methyl sites for hydroxylation is 1. The molecule has 1 aromatic carbocycles. The lowest BCUT2D eigenvalue weighted by Gasteiger charge is -2.33. The average Bonchev–Trinajstić information content (AvgIpc) is 2.34. The molecule has 0 spiro atoms. The normalized spacial score (nSPS) is 18.8. The van der Waals surface area contributed by atoms with Crippen LogP contribution in [0.3, 0.4) is 0 Å². The molecule has 100 valence electrons. The zero-order valence-corrected chi connectivity index (χ0v) is 12.8. The Morgan fingerprint density at radius 3 is 2.72 bits per heavy atom. The van der Waals surface area contributed by atoms with Gasteiger partial charge in [-0.3, -0.25) is 0 Å². The average molecular weight is 312 g/mol. The molecule has 0 aromatic heterocycles. The van der Waals surface area contributed by atoms with Gasteiger partial charge in [-0.25, -0.2) is 0 Å². The number of hydrogen-bond donors (Lipinski definition) is 1. The van der Waals surface area contributed by atoms with Crippen LogP contribution in [0, 0.1) is 12.3 Å². The Morgan fingerprint density at radius 2 is 2.06 bits per heavy atom. The Labute approximate surface area is 118 Å². The molecule has 0 saturated carbocycles. The predicted octanol–water partition coefficient (Wildman–Crippen LogP) is 3.66. The predicted molar refractivity (Wildman–Crippen MR) is 78.7 cm³/mol. The van der Waals surface area contributed by atoms with Crippen molar-refractivity contribution in [3.63, 3.8) is 0 Å². The number of nitrogens with one attached hydrogen (secondary N) is 1. The number of halogens is 1. The first-order chi connectivity index (χ1) is 8.59. The van der Waals surface area contributed by atoms with Gasteiger partial charge in [-0.1, -0.05) is 35.0 Å². The SMILES string of the molecule is Cc1cc(CNCC2(C)CCOCC2)ccc1Br. The van der Waals surface area contributed by atoms with E-state index in [1.54, 1.807) is 0 Å². The van der Waals surface area contributed by atoms with E-state index in [4.69, 9.17) is 4.74 Å². The molecule has 1 heterocycles. The van der Waals surface area contributed by atoms with E-state index >= 15 is 0 Å². The largest absolute Gasteiger partial charge is 0.381 e. The minimum absolute atomic E-state index is 0.405. The van der Waals surface area contributed by atoms with Crippen LogP contribution in [-0.2, 0) is 11.3 Å². The smallest absolute Gasteiger partial charge is 0.0471 e. The van der Waals surface area contributed by atoms with Gasteiger partial charge in [-0.2, -0.15) is 0 Å². The summed E-state index contributed by atoms with van der Waals surface area (Å²) in [6.07, 6.45) is 2.33. The van der Waals surface area contributed by atoms with E-state index in [0.29, 0.717) is 5.41 Å². The zero-order valence-electron chi connectivity index (χ0n) is 11.3. The van der Waals surface area contributed by atoms with Crippen LogP contribution in [-0.4, -0.2) is 19.8 Å². The second kappa shape index (κ2) is 6.18. The van der Waals surface area contributed by atoms with Gasteiger partial charge in [0.15, 0.2) is 0 Å². The molecule has 1 saturated heterocycles. The van der Waals surface area contributed by atoms with Gasteiger partial charge >= 0.3 is 0 Å². The summed E-state index contributed by atoms with van der Waals surface area (Å²) in [4.78, 5) is 0. The van der Waals surface area contributed by atoms with Crippen molar-refractivity contribution < 1.29 is 4.74 Å². The third-order valence-electron chi connectivity index (χ3n) is 3.80.